The molecule has 0 aromatic carbocycles. The first-order valence-corrected chi connectivity index (χ1v) is 7.38. The number of likely N-dealkylation sites (tertiary alicyclic amines) is 1. The fourth-order valence-corrected chi connectivity index (χ4v) is 3.15. The van der Waals surface area contributed by atoms with Gasteiger partial charge in [-0.2, -0.15) is 0 Å². The third kappa shape index (κ3) is 4.20. The zero-order chi connectivity index (χ0) is 13.7. The summed E-state index contributed by atoms with van der Waals surface area (Å²) >= 11 is 0. The van der Waals surface area contributed by atoms with E-state index < -0.39 is 5.97 Å². The van der Waals surface area contributed by atoms with E-state index >= 15 is 0 Å². The van der Waals surface area contributed by atoms with E-state index in [1.165, 1.54) is 0 Å². The van der Waals surface area contributed by atoms with Crippen LogP contribution in [0.15, 0.2) is 0 Å². The van der Waals surface area contributed by atoms with E-state index in [0.717, 1.165) is 51.9 Å². The number of piperidine rings is 2. The monoisotopic (exact) mass is 268 g/mol. The number of nitrogens with one attached hydrogen (secondary N) is 1. The molecule has 2 saturated heterocycles. The first kappa shape index (κ1) is 14.3. The van der Waals surface area contributed by atoms with Gasteiger partial charge in [-0.1, -0.05) is 0 Å². The minimum atomic E-state index is -0.736. The molecule has 2 aliphatic heterocycles. The molecule has 0 spiro atoms. The second-order valence-corrected chi connectivity index (χ2v) is 5.77. The Morgan fingerprint density at radius 3 is 2.79 bits per heavy atom. The van der Waals surface area contributed by atoms with Crippen LogP contribution in [0.5, 0.6) is 0 Å². The third-order valence-electron chi connectivity index (χ3n) is 4.24. The molecule has 2 atom stereocenters. The van der Waals surface area contributed by atoms with Gasteiger partial charge in [0.25, 0.3) is 0 Å². The largest absolute Gasteiger partial charge is 0.481 e. The van der Waals surface area contributed by atoms with Crippen LogP contribution in [0.25, 0.3) is 0 Å². The zero-order valence-electron chi connectivity index (χ0n) is 11.4. The number of carbonyl (C=O) groups is 2. The lowest BCUT2D eigenvalue weighted by Gasteiger charge is -2.36. The van der Waals surface area contributed by atoms with E-state index in [4.69, 9.17) is 5.11 Å². The topological polar surface area (TPSA) is 69.6 Å². The van der Waals surface area contributed by atoms with Crippen LogP contribution < -0.4 is 5.32 Å². The average Bonchev–Trinajstić information content (AvgIpc) is 2.45. The molecule has 2 fully saturated rings. The summed E-state index contributed by atoms with van der Waals surface area (Å²) in [5, 5.41) is 12.0. The number of carboxylic acid groups (broad SMARTS) is 1. The van der Waals surface area contributed by atoms with Crippen LogP contribution in [0, 0.1) is 11.8 Å². The fraction of sp³-hybridized carbons (Fsp3) is 0.857. The van der Waals surface area contributed by atoms with Crippen molar-refractivity contribution in [3.05, 3.63) is 0 Å². The third-order valence-corrected chi connectivity index (χ3v) is 4.24. The van der Waals surface area contributed by atoms with Gasteiger partial charge in [-0.3, -0.25) is 9.59 Å². The second kappa shape index (κ2) is 6.89. The van der Waals surface area contributed by atoms with Crippen LogP contribution in [0.3, 0.4) is 0 Å². The Morgan fingerprint density at radius 1 is 1.26 bits per heavy atom. The molecule has 0 saturated carbocycles. The molecule has 5 heteroatoms. The van der Waals surface area contributed by atoms with Crippen LogP contribution in [-0.2, 0) is 9.59 Å². The highest BCUT2D eigenvalue weighted by Gasteiger charge is 2.29. The Bertz CT molecular complexity index is 327. The molecule has 0 aromatic rings. The number of amides is 1. The van der Waals surface area contributed by atoms with Crippen LogP contribution in [-0.4, -0.2) is 48.1 Å². The van der Waals surface area contributed by atoms with Crippen LogP contribution in [0.2, 0.25) is 0 Å². The number of rotatable bonds is 4. The minimum absolute atomic E-state index is 0.131. The molecule has 5 nitrogen and oxygen atoms in total. The van der Waals surface area contributed by atoms with E-state index in [1.807, 2.05) is 4.90 Å². The highest BCUT2D eigenvalue weighted by atomic mass is 16.4. The molecule has 2 heterocycles. The normalized spacial score (nSPS) is 28.1. The first-order valence-electron chi connectivity index (χ1n) is 7.38. The van der Waals surface area contributed by atoms with Gasteiger partial charge in [-0.25, -0.2) is 0 Å². The highest BCUT2D eigenvalue weighted by Crippen LogP contribution is 2.23. The van der Waals surface area contributed by atoms with Gasteiger partial charge >= 0.3 is 5.97 Å². The molecule has 0 aliphatic carbocycles. The molecule has 0 radical (unpaired) electrons. The molecule has 2 aliphatic rings. The number of carboxylic acids is 1. The Labute approximate surface area is 114 Å². The van der Waals surface area contributed by atoms with Gasteiger partial charge < -0.3 is 15.3 Å². The van der Waals surface area contributed by atoms with Gasteiger partial charge in [-0.15, -0.1) is 0 Å². The zero-order valence-corrected chi connectivity index (χ0v) is 11.4. The van der Waals surface area contributed by atoms with Gasteiger partial charge in [0.15, 0.2) is 0 Å². The standard InChI is InChI=1S/C14H24N2O3/c17-13(18)6-5-11-3-2-8-16(10-11)14(19)12-4-1-7-15-9-12/h11-12,15H,1-10H2,(H,17,18)/t11?,12-/m1/s1. The van der Waals surface area contributed by atoms with Gasteiger partial charge in [0.2, 0.25) is 5.91 Å². The maximum Gasteiger partial charge on any atom is 0.303 e. The predicted octanol–water partition coefficient (Wildman–Crippen LogP) is 1.09. The Balaban J connectivity index is 1.82. The van der Waals surface area contributed by atoms with Gasteiger partial charge in [0.05, 0.1) is 5.92 Å². The Hall–Kier alpha value is -1.10. The number of carbonyl (C=O) groups excluding carboxylic acids is 1. The van der Waals surface area contributed by atoms with Crippen molar-refractivity contribution in [3.8, 4) is 0 Å². The predicted molar refractivity (Wildman–Crippen MR) is 71.8 cm³/mol. The van der Waals surface area contributed by atoms with Crippen molar-refractivity contribution in [3.63, 3.8) is 0 Å². The van der Waals surface area contributed by atoms with Crippen molar-refractivity contribution in [2.45, 2.75) is 38.5 Å². The maximum atomic E-state index is 12.4. The van der Waals surface area contributed by atoms with Crippen molar-refractivity contribution in [2.24, 2.45) is 11.8 Å². The van der Waals surface area contributed by atoms with Crippen LogP contribution >= 0.6 is 0 Å². The SMILES string of the molecule is O=C(O)CCC1CCCN(C(=O)[C@@H]2CCCNC2)C1. The van der Waals surface area contributed by atoms with E-state index in [1.54, 1.807) is 0 Å². The molecule has 2 rings (SSSR count). The molecule has 1 unspecified atom stereocenters. The molecule has 1 amide bonds. The second-order valence-electron chi connectivity index (χ2n) is 5.77. The van der Waals surface area contributed by atoms with E-state index in [9.17, 15) is 9.59 Å². The van der Waals surface area contributed by atoms with Crippen LogP contribution in [0.1, 0.15) is 38.5 Å². The molecule has 19 heavy (non-hydrogen) atoms. The Morgan fingerprint density at radius 2 is 2.11 bits per heavy atom. The molecular weight excluding hydrogens is 244 g/mol. The molecule has 108 valence electrons. The summed E-state index contributed by atoms with van der Waals surface area (Å²) in [6.45, 7) is 3.42. The summed E-state index contributed by atoms with van der Waals surface area (Å²) in [4.78, 5) is 25.0. The Kier molecular flexibility index (Phi) is 5.19. The summed E-state index contributed by atoms with van der Waals surface area (Å²) in [6.07, 6.45) is 5.05. The van der Waals surface area contributed by atoms with E-state index in [2.05, 4.69) is 5.32 Å². The molecule has 0 aromatic heterocycles. The lowest BCUT2D eigenvalue weighted by Crippen LogP contribution is -2.47. The minimum Gasteiger partial charge on any atom is -0.481 e. The summed E-state index contributed by atoms with van der Waals surface area (Å²) in [5.74, 6) is 0.0319. The summed E-state index contributed by atoms with van der Waals surface area (Å²) in [5.41, 5.74) is 0. The molecule has 2 N–H and O–H groups in total. The smallest absolute Gasteiger partial charge is 0.303 e. The van der Waals surface area contributed by atoms with Gasteiger partial charge in [0, 0.05) is 26.1 Å². The average molecular weight is 268 g/mol. The summed E-state index contributed by atoms with van der Waals surface area (Å²) in [7, 11) is 0. The number of aliphatic carboxylic acids is 1. The lowest BCUT2D eigenvalue weighted by atomic mass is 9.91. The van der Waals surface area contributed by atoms with Crippen LogP contribution in [0.4, 0.5) is 0 Å². The number of hydrogen-bond donors (Lipinski definition) is 2. The summed E-state index contributed by atoms with van der Waals surface area (Å²) < 4.78 is 0. The van der Waals surface area contributed by atoms with Crippen molar-refractivity contribution >= 4 is 11.9 Å². The fourth-order valence-electron chi connectivity index (χ4n) is 3.15. The van der Waals surface area contributed by atoms with Crippen molar-refractivity contribution in [1.29, 1.82) is 0 Å². The van der Waals surface area contributed by atoms with Gasteiger partial charge in [0.1, 0.15) is 0 Å². The van der Waals surface area contributed by atoms with Crippen molar-refractivity contribution in [1.82, 2.24) is 10.2 Å². The van der Waals surface area contributed by atoms with Crippen molar-refractivity contribution in [2.75, 3.05) is 26.2 Å². The molecular formula is C14H24N2O3. The summed E-state index contributed by atoms with van der Waals surface area (Å²) in [6, 6.07) is 0. The number of nitrogens with zero attached hydrogens (tertiary/aromatic N) is 1. The molecule has 0 bridgehead atoms. The highest BCUT2D eigenvalue weighted by molar-refractivity contribution is 5.79. The first-order chi connectivity index (χ1) is 9.16. The van der Waals surface area contributed by atoms with E-state index in [-0.39, 0.29) is 18.2 Å². The van der Waals surface area contributed by atoms with E-state index in [0.29, 0.717) is 12.3 Å². The maximum absolute atomic E-state index is 12.4. The van der Waals surface area contributed by atoms with Crippen molar-refractivity contribution < 1.29 is 14.7 Å². The number of hydrogen-bond acceptors (Lipinski definition) is 3. The quantitative estimate of drug-likeness (QED) is 0.801. The lowest BCUT2D eigenvalue weighted by molar-refractivity contribution is -0.138. The van der Waals surface area contributed by atoms with Gasteiger partial charge in [-0.05, 0) is 44.6 Å².